The number of Topliss-reactive ketones (excluding diaryl/α,β-unsaturated/α-hetero) is 1. The highest BCUT2D eigenvalue weighted by Crippen LogP contribution is 2.45. The minimum Gasteiger partial charge on any atom is -0.507 e. The van der Waals surface area contributed by atoms with Gasteiger partial charge in [0.15, 0.2) is 5.13 Å². The number of ether oxygens (including phenoxy) is 1. The second kappa shape index (κ2) is 8.23. The van der Waals surface area contributed by atoms with Gasteiger partial charge in [-0.15, -0.1) is 0 Å². The van der Waals surface area contributed by atoms with E-state index < -0.39 is 35.1 Å². The minimum atomic E-state index is -1.26. The van der Waals surface area contributed by atoms with Gasteiger partial charge in [0.1, 0.15) is 35.3 Å². The zero-order valence-electron chi connectivity index (χ0n) is 18.9. The number of fused-ring (bicyclic) bond motifs is 2. The quantitative estimate of drug-likeness (QED) is 0.226. The number of rotatable bonds is 3. The van der Waals surface area contributed by atoms with Gasteiger partial charge < -0.3 is 9.84 Å². The van der Waals surface area contributed by atoms with Crippen LogP contribution in [0.1, 0.15) is 29.7 Å². The molecule has 1 N–H and O–H groups in total. The summed E-state index contributed by atoms with van der Waals surface area (Å²) in [4.78, 5) is 32.1. The number of ketones is 1. The van der Waals surface area contributed by atoms with E-state index in [1.807, 2.05) is 6.92 Å². The Morgan fingerprint density at radius 3 is 2.72 bits per heavy atom. The second-order valence-electron chi connectivity index (χ2n) is 8.75. The molecule has 4 aromatic rings. The first kappa shape index (κ1) is 22.4. The largest absolute Gasteiger partial charge is 0.507 e. The highest BCUT2D eigenvalue weighted by atomic mass is 32.1. The molecule has 2 aliphatic heterocycles. The van der Waals surface area contributed by atoms with Crippen LogP contribution in [0.5, 0.6) is 5.75 Å². The van der Waals surface area contributed by atoms with Crippen LogP contribution in [0.4, 0.5) is 13.9 Å². The number of hydrogen-bond acceptors (Lipinski definition) is 6. The minimum absolute atomic E-state index is 0.0229. The Morgan fingerprint density at radius 1 is 1.11 bits per heavy atom. The van der Waals surface area contributed by atoms with Crippen LogP contribution in [0.15, 0.2) is 66.2 Å². The van der Waals surface area contributed by atoms with Crippen molar-refractivity contribution in [2.75, 3.05) is 4.90 Å². The maximum Gasteiger partial charge on any atom is 0.301 e. The van der Waals surface area contributed by atoms with Crippen molar-refractivity contribution >= 4 is 44.1 Å². The number of aliphatic hydroxyl groups excluding tert-OH is 1. The highest BCUT2D eigenvalue weighted by Gasteiger charge is 2.49. The molecule has 0 spiro atoms. The van der Waals surface area contributed by atoms with Crippen LogP contribution in [0.25, 0.3) is 16.0 Å². The summed E-state index contributed by atoms with van der Waals surface area (Å²) >= 11 is 1.00. The number of aromatic nitrogens is 1. The van der Waals surface area contributed by atoms with E-state index in [9.17, 15) is 19.1 Å². The van der Waals surface area contributed by atoms with Crippen molar-refractivity contribution in [3.8, 4) is 5.75 Å². The molecule has 6 rings (SSSR count). The number of hydrogen-bond donors (Lipinski definition) is 1. The van der Waals surface area contributed by atoms with Crippen LogP contribution < -0.4 is 9.64 Å². The Kier molecular flexibility index (Phi) is 5.11. The summed E-state index contributed by atoms with van der Waals surface area (Å²) in [7, 11) is 0. The number of carbonyl (C=O) groups is 2. The molecule has 6 nitrogen and oxygen atoms in total. The molecule has 36 heavy (non-hydrogen) atoms. The summed E-state index contributed by atoms with van der Waals surface area (Å²) in [6, 6.07) is 13.5. The fourth-order valence-corrected chi connectivity index (χ4v) is 5.75. The lowest BCUT2D eigenvalue weighted by molar-refractivity contribution is -0.132. The molecule has 0 unspecified atom stereocenters. The van der Waals surface area contributed by atoms with Crippen LogP contribution in [-0.2, 0) is 16.0 Å². The Bertz CT molecular complexity index is 1610. The first-order chi connectivity index (χ1) is 17.3. The molecule has 0 aliphatic carbocycles. The molecule has 1 saturated heterocycles. The van der Waals surface area contributed by atoms with Crippen molar-refractivity contribution in [3.05, 3.63) is 94.6 Å². The summed E-state index contributed by atoms with van der Waals surface area (Å²) in [5.41, 5.74) is 1.39. The van der Waals surface area contributed by atoms with Gasteiger partial charge in [0.2, 0.25) is 0 Å². The first-order valence-electron chi connectivity index (χ1n) is 11.2. The number of anilines is 1. The lowest BCUT2D eigenvalue weighted by Gasteiger charge is -2.23. The van der Waals surface area contributed by atoms with E-state index in [-0.39, 0.29) is 22.4 Å². The normalized spacial score (nSPS) is 20.7. The van der Waals surface area contributed by atoms with E-state index >= 15 is 4.39 Å². The molecule has 3 heterocycles. The fourth-order valence-electron chi connectivity index (χ4n) is 4.74. The third-order valence-electron chi connectivity index (χ3n) is 6.36. The molecule has 0 bridgehead atoms. The third-order valence-corrected chi connectivity index (χ3v) is 7.38. The Morgan fingerprint density at radius 2 is 1.92 bits per heavy atom. The fraction of sp³-hybridized carbons (Fsp3) is 0.148. The second-order valence-corrected chi connectivity index (χ2v) is 9.76. The Balaban J connectivity index is 1.55. The molecule has 9 heteroatoms. The molecule has 2 aliphatic rings. The smallest absolute Gasteiger partial charge is 0.301 e. The lowest BCUT2D eigenvalue weighted by atomic mass is 9.94. The van der Waals surface area contributed by atoms with E-state index in [4.69, 9.17) is 4.74 Å². The van der Waals surface area contributed by atoms with E-state index in [0.717, 1.165) is 21.8 Å². The van der Waals surface area contributed by atoms with Gasteiger partial charge >= 0.3 is 5.91 Å². The maximum atomic E-state index is 15.1. The number of carbonyl (C=O) groups excluding carboxylic acids is 2. The van der Waals surface area contributed by atoms with Gasteiger partial charge in [-0.3, -0.25) is 14.5 Å². The Hall–Kier alpha value is -4.11. The maximum absolute atomic E-state index is 15.1. The standard InChI is InChI=1S/C27H18F2N2O4S/c1-13-10-15-11-14(6-9-20(15)35-13)24(32)22-23(17-4-2-3-5-18(17)29)31(26(34)25(22)33)27-30-19-8-7-16(28)12-21(19)36-27/h2-9,11-13,23,32H,10H2,1H3/b24-22+/t13-,23-/m0/s1. The van der Waals surface area contributed by atoms with Crippen LogP contribution in [-0.4, -0.2) is 27.9 Å². The summed E-state index contributed by atoms with van der Waals surface area (Å²) in [6.07, 6.45) is 0.606. The zero-order chi connectivity index (χ0) is 25.1. The number of thiazole rings is 1. The molecular formula is C27H18F2N2O4S. The van der Waals surface area contributed by atoms with Gasteiger partial charge in [0, 0.05) is 17.5 Å². The molecule has 1 fully saturated rings. The molecular weight excluding hydrogens is 486 g/mol. The van der Waals surface area contributed by atoms with E-state index in [1.165, 1.54) is 36.4 Å². The van der Waals surface area contributed by atoms with Crippen LogP contribution in [0.2, 0.25) is 0 Å². The van der Waals surface area contributed by atoms with Crippen molar-refractivity contribution in [2.24, 2.45) is 0 Å². The number of nitrogens with zero attached hydrogens (tertiary/aromatic N) is 2. The SMILES string of the molecule is C[C@H]1Cc2cc(/C(O)=C3\C(=O)C(=O)N(c4nc5ccc(F)cc5s4)[C@H]3c3ccccc3F)ccc2O1. The van der Waals surface area contributed by atoms with Gasteiger partial charge in [-0.25, -0.2) is 13.8 Å². The van der Waals surface area contributed by atoms with Crippen molar-refractivity contribution < 1.29 is 28.2 Å². The summed E-state index contributed by atoms with van der Waals surface area (Å²) in [6.45, 7) is 1.92. The number of halogens is 2. The molecule has 3 aromatic carbocycles. The molecule has 180 valence electrons. The lowest BCUT2D eigenvalue weighted by Crippen LogP contribution is -2.29. The monoisotopic (exact) mass is 504 g/mol. The van der Waals surface area contributed by atoms with Crippen LogP contribution in [0, 0.1) is 11.6 Å². The predicted molar refractivity (Wildman–Crippen MR) is 131 cm³/mol. The van der Waals surface area contributed by atoms with Gasteiger partial charge in [0.05, 0.1) is 15.8 Å². The molecule has 1 aromatic heterocycles. The van der Waals surface area contributed by atoms with Crippen molar-refractivity contribution in [3.63, 3.8) is 0 Å². The predicted octanol–water partition coefficient (Wildman–Crippen LogP) is 5.52. The van der Waals surface area contributed by atoms with Crippen molar-refractivity contribution in [2.45, 2.75) is 25.5 Å². The van der Waals surface area contributed by atoms with Gasteiger partial charge in [0.25, 0.3) is 5.78 Å². The van der Waals surface area contributed by atoms with Crippen molar-refractivity contribution in [1.82, 2.24) is 4.98 Å². The average Bonchev–Trinajstić information content (AvgIpc) is 3.51. The summed E-state index contributed by atoms with van der Waals surface area (Å²) in [5, 5.41) is 11.4. The van der Waals surface area contributed by atoms with Gasteiger partial charge in [-0.1, -0.05) is 29.5 Å². The van der Waals surface area contributed by atoms with Crippen molar-refractivity contribution in [1.29, 1.82) is 0 Å². The number of aliphatic hydroxyl groups is 1. The first-order valence-corrected chi connectivity index (χ1v) is 12.0. The van der Waals surface area contributed by atoms with E-state index in [2.05, 4.69) is 4.98 Å². The van der Waals surface area contributed by atoms with Crippen LogP contribution in [0.3, 0.4) is 0 Å². The molecule has 0 radical (unpaired) electrons. The third kappa shape index (κ3) is 3.46. The zero-order valence-corrected chi connectivity index (χ0v) is 19.7. The van der Waals surface area contributed by atoms with E-state index in [0.29, 0.717) is 28.0 Å². The summed E-state index contributed by atoms with van der Waals surface area (Å²) in [5.74, 6) is -2.77. The molecule has 2 atom stereocenters. The van der Waals surface area contributed by atoms with Gasteiger partial charge in [-0.2, -0.15) is 0 Å². The summed E-state index contributed by atoms with van der Waals surface area (Å²) < 4.78 is 35.0. The Labute approximate surface area is 208 Å². The number of amides is 1. The van der Waals surface area contributed by atoms with Gasteiger partial charge in [-0.05, 0) is 55.0 Å². The molecule has 0 saturated carbocycles. The number of benzene rings is 3. The average molecular weight is 505 g/mol. The van der Waals surface area contributed by atoms with E-state index in [1.54, 1.807) is 24.3 Å². The highest BCUT2D eigenvalue weighted by molar-refractivity contribution is 7.22. The topological polar surface area (TPSA) is 79.7 Å². The van der Waals surface area contributed by atoms with Crippen LogP contribution >= 0.6 is 11.3 Å². The molecule has 1 amide bonds.